The van der Waals surface area contributed by atoms with Crippen LogP contribution < -0.4 is 5.32 Å². The Balaban J connectivity index is 1.69. The topological polar surface area (TPSA) is 15.3 Å². The highest BCUT2D eigenvalue weighted by atomic mass is 15.1. The van der Waals surface area contributed by atoms with Crippen molar-refractivity contribution in [1.29, 1.82) is 0 Å². The standard InChI is InChI=1S/C15H30N2/c1-3-17-11-9-15(10-12-17)16-13(2)14-7-5-4-6-8-14/h13-16H,3-12H2,1-2H3. The van der Waals surface area contributed by atoms with Crippen LogP contribution in [0, 0.1) is 5.92 Å². The molecule has 0 radical (unpaired) electrons. The summed E-state index contributed by atoms with van der Waals surface area (Å²) in [5.74, 6) is 0.952. The molecule has 1 aliphatic heterocycles. The molecular weight excluding hydrogens is 208 g/mol. The average Bonchev–Trinajstić information content (AvgIpc) is 2.40. The van der Waals surface area contributed by atoms with Gasteiger partial charge in [0.25, 0.3) is 0 Å². The second-order valence-corrected chi connectivity index (χ2v) is 6.06. The molecule has 1 atom stereocenters. The molecule has 1 aliphatic carbocycles. The maximum Gasteiger partial charge on any atom is 0.00940 e. The van der Waals surface area contributed by atoms with Gasteiger partial charge in [0.2, 0.25) is 0 Å². The zero-order valence-electron chi connectivity index (χ0n) is 11.8. The molecular formula is C15H30N2. The van der Waals surface area contributed by atoms with Gasteiger partial charge in [0.05, 0.1) is 0 Å². The largest absolute Gasteiger partial charge is 0.311 e. The molecule has 1 saturated carbocycles. The van der Waals surface area contributed by atoms with Crippen LogP contribution in [0.3, 0.4) is 0 Å². The van der Waals surface area contributed by atoms with Gasteiger partial charge in [0.15, 0.2) is 0 Å². The number of rotatable bonds is 4. The molecule has 2 nitrogen and oxygen atoms in total. The molecule has 1 N–H and O–H groups in total. The van der Waals surface area contributed by atoms with Crippen molar-refractivity contribution in [3.8, 4) is 0 Å². The number of likely N-dealkylation sites (tertiary alicyclic amines) is 1. The number of hydrogen-bond acceptors (Lipinski definition) is 2. The van der Waals surface area contributed by atoms with Gasteiger partial charge in [-0.25, -0.2) is 0 Å². The highest BCUT2D eigenvalue weighted by Crippen LogP contribution is 2.27. The maximum atomic E-state index is 3.91. The number of nitrogens with zero attached hydrogens (tertiary/aromatic N) is 1. The van der Waals surface area contributed by atoms with E-state index in [1.54, 1.807) is 0 Å². The van der Waals surface area contributed by atoms with Gasteiger partial charge in [-0.15, -0.1) is 0 Å². The van der Waals surface area contributed by atoms with Gasteiger partial charge in [-0.05, 0) is 58.2 Å². The highest BCUT2D eigenvalue weighted by molar-refractivity contribution is 4.83. The summed E-state index contributed by atoms with van der Waals surface area (Å²) < 4.78 is 0. The lowest BCUT2D eigenvalue weighted by Crippen LogP contribution is -2.47. The first-order chi connectivity index (χ1) is 8.29. The van der Waals surface area contributed by atoms with Crippen molar-refractivity contribution in [1.82, 2.24) is 10.2 Å². The molecule has 1 saturated heterocycles. The summed E-state index contributed by atoms with van der Waals surface area (Å²) in [7, 11) is 0. The molecule has 1 unspecified atom stereocenters. The summed E-state index contributed by atoms with van der Waals surface area (Å²) in [6.07, 6.45) is 10.0. The molecule has 0 aromatic carbocycles. The third kappa shape index (κ3) is 3.96. The molecule has 2 fully saturated rings. The maximum absolute atomic E-state index is 3.91. The van der Waals surface area contributed by atoms with Gasteiger partial charge in [0, 0.05) is 12.1 Å². The fourth-order valence-electron chi connectivity index (χ4n) is 3.56. The predicted molar refractivity (Wildman–Crippen MR) is 74.3 cm³/mol. The third-order valence-corrected chi connectivity index (χ3v) is 4.89. The van der Waals surface area contributed by atoms with Gasteiger partial charge in [-0.2, -0.15) is 0 Å². The van der Waals surface area contributed by atoms with Crippen molar-refractivity contribution in [2.24, 2.45) is 5.92 Å². The fraction of sp³-hybridized carbons (Fsp3) is 1.00. The van der Waals surface area contributed by atoms with E-state index in [1.165, 1.54) is 64.6 Å². The number of nitrogens with one attached hydrogen (secondary N) is 1. The minimum atomic E-state index is 0.744. The third-order valence-electron chi connectivity index (χ3n) is 4.89. The molecule has 0 amide bonds. The summed E-state index contributed by atoms with van der Waals surface area (Å²) in [6.45, 7) is 8.52. The van der Waals surface area contributed by atoms with Crippen LogP contribution in [-0.2, 0) is 0 Å². The molecule has 100 valence electrons. The quantitative estimate of drug-likeness (QED) is 0.810. The van der Waals surface area contributed by atoms with Crippen LogP contribution in [0.1, 0.15) is 58.8 Å². The van der Waals surface area contributed by atoms with Gasteiger partial charge >= 0.3 is 0 Å². The highest BCUT2D eigenvalue weighted by Gasteiger charge is 2.24. The van der Waals surface area contributed by atoms with Crippen LogP contribution in [0.5, 0.6) is 0 Å². The zero-order valence-corrected chi connectivity index (χ0v) is 11.8. The van der Waals surface area contributed by atoms with E-state index >= 15 is 0 Å². The van der Waals surface area contributed by atoms with Gasteiger partial charge in [-0.1, -0.05) is 26.2 Å². The minimum absolute atomic E-state index is 0.744. The first kappa shape index (κ1) is 13.4. The van der Waals surface area contributed by atoms with E-state index in [2.05, 4.69) is 24.1 Å². The second kappa shape index (κ2) is 6.75. The van der Waals surface area contributed by atoms with Crippen LogP contribution in [0.25, 0.3) is 0 Å². The molecule has 17 heavy (non-hydrogen) atoms. The molecule has 2 aliphatic rings. The summed E-state index contributed by atoms with van der Waals surface area (Å²) in [6, 6.07) is 1.53. The summed E-state index contributed by atoms with van der Waals surface area (Å²) in [4.78, 5) is 2.57. The van der Waals surface area contributed by atoms with Crippen molar-refractivity contribution in [2.75, 3.05) is 19.6 Å². The normalized spacial score (nSPS) is 27.2. The van der Waals surface area contributed by atoms with Crippen LogP contribution in [0.4, 0.5) is 0 Å². The molecule has 2 rings (SSSR count). The van der Waals surface area contributed by atoms with Crippen molar-refractivity contribution >= 4 is 0 Å². The predicted octanol–water partition coefficient (Wildman–Crippen LogP) is 3.03. The van der Waals surface area contributed by atoms with Crippen molar-refractivity contribution in [2.45, 2.75) is 70.9 Å². The first-order valence-corrected chi connectivity index (χ1v) is 7.78. The Kier molecular flexibility index (Phi) is 5.30. The smallest absolute Gasteiger partial charge is 0.00940 e. The Morgan fingerprint density at radius 2 is 1.71 bits per heavy atom. The van der Waals surface area contributed by atoms with Gasteiger partial charge in [0.1, 0.15) is 0 Å². The molecule has 0 bridgehead atoms. The van der Waals surface area contributed by atoms with E-state index in [0.29, 0.717) is 0 Å². The first-order valence-electron chi connectivity index (χ1n) is 7.78. The summed E-state index contributed by atoms with van der Waals surface area (Å²) in [5, 5.41) is 3.91. The summed E-state index contributed by atoms with van der Waals surface area (Å²) in [5.41, 5.74) is 0. The SMILES string of the molecule is CCN1CCC(NC(C)C2CCCCC2)CC1. The van der Waals surface area contributed by atoms with E-state index in [1.807, 2.05) is 0 Å². The minimum Gasteiger partial charge on any atom is -0.311 e. The van der Waals surface area contributed by atoms with E-state index in [-0.39, 0.29) is 0 Å². The average molecular weight is 238 g/mol. The molecule has 1 heterocycles. The molecule has 0 spiro atoms. The number of hydrogen-bond donors (Lipinski definition) is 1. The lowest BCUT2D eigenvalue weighted by Gasteiger charge is -2.36. The van der Waals surface area contributed by atoms with E-state index in [0.717, 1.165) is 18.0 Å². The Hall–Kier alpha value is -0.0800. The van der Waals surface area contributed by atoms with E-state index in [9.17, 15) is 0 Å². The molecule has 0 aromatic heterocycles. The van der Waals surface area contributed by atoms with Crippen LogP contribution in [-0.4, -0.2) is 36.6 Å². The van der Waals surface area contributed by atoms with Crippen molar-refractivity contribution < 1.29 is 0 Å². The zero-order chi connectivity index (χ0) is 12.1. The van der Waals surface area contributed by atoms with E-state index in [4.69, 9.17) is 0 Å². The Morgan fingerprint density at radius 1 is 1.06 bits per heavy atom. The van der Waals surface area contributed by atoms with Crippen LogP contribution in [0.15, 0.2) is 0 Å². The van der Waals surface area contributed by atoms with Crippen LogP contribution in [0.2, 0.25) is 0 Å². The monoisotopic (exact) mass is 238 g/mol. The van der Waals surface area contributed by atoms with Crippen LogP contribution >= 0.6 is 0 Å². The lowest BCUT2D eigenvalue weighted by molar-refractivity contribution is 0.182. The second-order valence-electron chi connectivity index (χ2n) is 6.06. The Bertz CT molecular complexity index is 203. The van der Waals surface area contributed by atoms with Gasteiger partial charge < -0.3 is 10.2 Å². The summed E-state index contributed by atoms with van der Waals surface area (Å²) >= 11 is 0. The lowest BCUT2D eigenvalue weighted by atomic mass is 9.84. The number of piperidine rings is 1. The molecule has 2 heteroatoms. The van der Waals surface area contributed by atoms with Crippen molar-refractivity contribution in [3.05, 3.63) is 0 Å². The van der Waals surface area contributed by atoms with E-state index < -0.39 is 0 Å². The fourth-order valence-corrected chi connectivity index (χ4v) is 3.56. The van der Waals surface area contributed by atoms with Gasteiger partial charge in [-0.3, -0.25) is 0 Å². The van der Waals surface area contributed by atoms with Crippen molar-refractivity contribution in [3.63, 3.8) is 0 Å². The Labute approximate surface area is 107 Å². The Morgan fingerprint density at radius 3 is 2.29 bits per heavy atom. The molecule has 0 aromatic rings.